The van der Waals surface area contributed by atoms with E-state index in [0.717, 1.165) is 26.3 Å². The van der Waals surface area contributed by atoms with E-state index in [4.69, 9.17) is 4.74 Å². The van der Waals surface area contributed by atoms with Gasteiger partial charge in [0.2, 0.25) is 0 Å². The molecule has 0 bridgehead atoms. The Kier molecular flexibility index (Phi) is 5.87. The number of hydrogen-bond acceptors (Lipinski definition) is 4. The minimum Gasteiger partial charge on any atom is -0.370 e. The highest BCUT2D eigenvalue weighted by atomic mass is 32.1. The molecule has 1 N–H and O–H groups in total. The molecule has 2 heterocycles. The van der Waals surface area contributed by atoms with E-state index in [1.807, 2.05) is 11.3 Å². The summed E-state index contributed by atoms with van der Waals surface area (Å²) in [5, 5.41) is 5.50. The second kappa shape index (κ2) is 7.69. The molecule has 2 rings (SSSR count). The number of rotatable bonds is 8. The van der Waals surface area contributed by atoms with Gasteiger partial charge in [0.05, 0.1) is 13.2 Å². The Labute approximate surface area is 117 Å². The molecule has 0 aromatic carbocycles. The Bertz CT molecular complexity index is 436. The molecular formula is C14H19NOS2. The van der Waals surface area contributed by atoms with Crippen molar-refractivity contribution < 1.29 is 4.74 Å². The Balaban J connectivity index is 1.69. The van der Waals surface area contributed by atoms with E-state index in [-0.39, 0.29) is 0 Å². The summed E-state index contributed by atoms with van der Waals surface area (Å²) in [4.78, 5) is 3.98. The Hall–Kier alpha value is -0.680. The van der Waals surface area contributed by atoms with E-state index in [2.05, 4.69) is 41.9 Å². The molecule has 0 aliphatic rings. The number of hydrogen-bond donors (Lipinski definition) is 1. The highest BCUT2D eigenvalue weighted by Crippen LogP contribution is 2.18. The van der Waals surface area contributed by atoms with Crippen LogP contribution in [0.15, 0.2) is 29.6 Å². The number of thiophene rings is 2. The normalized spacial score (nSPS) is 10.9. The van der Waals surface area contributed by atoms with E-state index in [9.17, 15) is 0 Å². The van der Waals surface area contributed by atoms with Crippen LogP contribution in [0.4, 0.5) is 0 Å². The first-order valence-electron chi connectivity index (χ1n) is 6.27. The Morgan fingerprint density at radius 2 is 1.94 bits per heavy atom. The third kappa shape index (κ3) is 4.53. The predicted molar refractivity (Wildman–Crippen MR) is 79.1 cm³/mol. The van der Waals surface area contributed by atoms with Crippen LogP contribution < -0.4 is 5.32 Å². The first kappa shape index (κ1) is 13.7. The largest absolute Gasteiger partial charge is 0.370 e. The standard InChI is InChI=1S/C14H19NOS2/c1-2-7-15-9-12-5-6-14(18-12)11-16-10-13-4-3-8-17-13/h3-6,8,15H,2,7,9-11H2,1H3. The van der Waals surface area contributed by atoms with Gasteiger partial charge in [0.1, 0.15) is 0 Å². The van der Waals surface area contributed by atoms with Gasteiger partial charge in [-0.1, -0.05) is 13.0 Å². The quantitative estimate of drug-likeness (QED) is 0.738. The lowest BCUT2D eigenvalue weighted by atomic mass is 10.4. The zero-order valence-electron chi connectivity index (χ0n) is 10.6. The lowest BCUT2D eigenvalue weighted by Gasteiger charge is -2.00. The third-order valence-electron chi connectivity index (χ3n) is 2.51. The van der Waals surface area contributed by atoms with Gasteiger partial charge >= 0.3 is 0 Å². The maximum absolute atomic E-state index is 5.70. The van der Waals surface area contributed by atoms with Gasteiger partial charge in [-0.3, -0.25) is 0 Å². The van der Waals surface area contributed by atoms with Crippen molar-refractivity contribution in [1.82, 2.24) is 5.32 Å². The lowest BCUT2D eigenvalue weighted by Crippen LogP contribution is -2.12. The molecule has 18 heavy (non-hydrogen) atoms. The maximum atomic E-state index is 5.70. The number of ether oxygens (including phenoxy) is 1. The van der Waals surface area contributed by atoms with E-state index in [1.54, 1.807) is 11.3 Å². The highest BCUT2D eigenvalue weighted by molar-refractivity contribution is 7.12. The van der Waals surface area contributed by atoms with Crippen LogP contribution in [0, 0.1) is 0 Å². The molecule has 2 nitrogen and oxygen atoms in total. The summed E-state index contributed by atoms with van der Waals surface area (Å²) in [6, 6.07) is 8.53. The molecule has 0 amide bonds. The summed E-state index contributed by atoms with van der Waals surface area (Å²) >= 11 is 3.58. The van der Waals surface area contributed by atoms with Crippen LogP contribution in [-0.4, -0.2) is 6.54 Å². The fraction of sp³-hybridized carbons (Fsp3) is 0.429. The smallest absolute Gasteiger partial charge is 0.0814 e. The SMILES string of the molecule is CCCNCc1ccc(COCc2cccs2)s1. The van der Waals surface area contributed by atoms with Gasteiger partial charge in [-0.25, -0.2) is 0 Å². The van der Waals surface area contributed by atoms with Crippen molar-refractivity contribution >= 4 is 22.7 Å². The van der Waals surface area contributed by atoms with Gasteiger partial charge in [0, 0.05) is 21.2 Å². The molecule has 2 aromatic heterocycles. The third-order valence-corrected chi connectivity index (χ3v) is 4.42. The van der Waals surface area contributed by atoms with Crippen molar-refractivity contribution in [2.75, 3.05) is 6.54 Å². The molecule has 0 saturated carbocycles. The molecule has 0 atom stereocenters. The van der Waals surface area contributed by atoms with Crippen molar-refractivity contribution in [3.8, 4) is 0 Å². The van der Waals surface area contributed by atoms with Crippen LogP contribution in [0.1, 0.15) is 28.0 Å². The zero-order chi connectivity index (χ0) is 12.6. The highest BCUT2D eigenvalue weighted by Gasteiger charge is 2.01. The van der Waals surface area contributed by atoms with Crippen molar-refractivity contribution in [3.05, 3.63) is 44.3 Å². The van der Waals surface area contributed by atoms with Gasteiger partial charge in [0.25, 0.3) is 0 Å². The number of nitrogens with one attached hydrogen (secondary N) is 1. The molecule has 0 spiro atoms. The Morgan fingerprint density at radius 1 is 1.11 bits per heavy atom. The average Bonchev–Trinajstić information content (AvgIpc) is 3.01. The van der Waals surface area contributed by atoms with E-state index >= 15 is 0 Å². The minimum absolute atomic E-state index is 0.719. The van der Waals surface area contributed by atoms with Crippen LogP contribution in [0.25, 0.3) is 0 Å². The molecule has 4 heteroatoms. The van der Waals surface area contributed by atoms with E-state index in [1.165, 1.54) is 21.1 Å². The van der Waals surface area contributed by atoms with Crippen molar-refractivity contribution in [2.24, 2.45) is 0 Å². The van der Waals surface area contributed by atoms with Crippen LogP contribution in [0.5, 0.6) is 0 Å². The zero-order valence-corrected chi connectivity index (χ0v) is 12.3. The fourth-order valence-electron chi connectivity index (χ4n) is 1.63. The molecule has 0 saturated heterocycles. The first-order valence-corrected chi connectivity index (χ1v) is 7.96. The van der Waals surface area contributed by atoms with Crippen molar-refractivity contribution in [3.63, 3.8) is 0 Å². The lowest BCUT2D eigenvalue weighted by molar-refractivity contribution is 0.111. The summed E-state index contributed by atoms with van der Waals surface area (Å²) in [6.07, 6.45) is 1.18. The van der Waals surface area contributed by atoms with Gasteiger partial charge in [0.15, 0.2) is 0 Å². The van der Waals surface area contributed by atoms with Gasteiger partial charge < -0.3 is 10.1 Å². The maximum Gasteiger partial charge on any atom is 0.0814 e. The molecule has 0 fully saturated rings. The predicted octanol–water partition coefficient (Wildman–Crippen LogP) is 4.03. The summed E-state index contributed by atoms with van der Waals surface area (Å²) in [7, 11) is 0. The van der Waals surface area contributed by atoms with Gasteiger partial charge in [-0.05, 0) is 36.5 Å². The summed E-state index contributed by atoms with van der Waals surface area (Å²) in [5.41, 5.74) is 0. The van der Waals surface area contributed by atoms with Crippen molar-refractivity contribution in [2.45, 2.75) is 33.1 Å². The van der Waals surface area contributed by atoms with Crippen molar-refractivity contribution in [1.29, 1.82) is 0 Å². The fourth-order valence-corrected chi connectivity index (χ4v) is 3.20. The van der Waals surface area contributed by atoms with Gasteiger partial charge in [-0.2, -0.15) is 0 Å². The summed E-state index contributed by atoms with van der Waals surface area (Å²) in [6.45, 7) is 5.69. The second-order valence-electron chi connectivity index (χ2n) is 4.12. The molecule has 0 radical (unpaired) electrons. The van der Waals surface area contributed by atoms with E-state index < -0.39 is 0 Å². The molecular weight excluding hydrogens is 262 g/mol. The first-order chi connectivity index (χ1) is 8.88. The minimum atomic E-state index is 0.719. The topological polar surface area (TPSA) is 21.3 Å². The monoisotopic (exact) mass is 281 g/mol. The molecule has 98 valence electrons. The van der Waals surface area contributed by atoms with Crippen LogP contribution in [0.2, 0.25) is 0 Å². The molecule has 0 aliphatic carbocycles. The van der Waals surface area contributed by atoms with Gasteiger partial charge in [-0.15, -0.1) is 22.7 Å². The molecule has 0 unspecified atom stereocenters. The van der Waals surface area contributed by atoms with Crippen LogP contribution in [0.3, 0.4) is 0 Å². The average molecular weight is 281 g/mol. The van der Waals surface area contributed by atoms with Crippen LogP contribution in [-0.2, 0) is 24.5 Å². The molecule has 0 aliphatic heterocycles. The van der Waals surface area contributed by atoms with Crippen LogP contribution >= 0.6 is 22.7 Å². The Morgan fingerprint density at radius 3 is 2.72 bits per heavy atom. The van der Waals surface area contributed by atoms with E-state index in [0.29, 0.717) is 0 Å². The summed E-state index contributed by atoms with van der Waals surface area (Å²) < 4.78 is 5.70. The second-order valence-corrected chi connectivity index (χ2v) is 6.40. The molecule has 2 aromatic rings. The summed E-state index contributed by atoms with van der Waals surface area (Å²) in [5.74, 6) is 0.